The molecule has 118 valence electrons. The molecule has 9 heteroatoms. The summed E-state index contributed by atoms with van der Waals surface area (Å²) >= 11 is 0. The van der Waals surface area contributed by atoms with Gasteiger partial charge in [-0.15, -0.1) is 0 Å². The van der Waals surface area contributed by atoms with Gasteiger partial charge in [0.2, 0.25) is 10.0 Å². The Morgan fingerprint density at radius 1 is 1.27 bits per heavy atom. The second-order valence-electron chi connectivity index (χ2n) is 5.22. The summed E-state index contributed by atoms with van der Waals surface area (Å²) in [6, 6.07) is 4.63. The van der Waals surface area contributed by atoms with Gasteiger partial charge in [0.15, 0.2) is 0 Å². The third-order valence-corrected chi connectivity index (χ3v) is 4.35. The maximum atomic E-state index is 12.4. The summed E-state index contributed by atoms with van der Waals surface area (Å²) in [7, 11) is -3.84. The fraction of sp³-hybridized carbons (Fsp3) is 0.308. The summed E-state index contributed by atoms with van der Waals surface area (Å²) in [4.78, 5) is 36.1. The molecule has 1 heterocycles. The Hall–Kier alpha value is -2.26. The van der Waals surface area contributed by atoms with Crippen molar-refractivity contribution in [3.63, 3.8) is 0 Å². The molecule has 22 heavy (non-hydrogen) atoms. The van der Waals surface area contributed by atoms with Crippen molar-refractivity contribution in [2.45, 2.75) is 24.3 Å². The molecule has 1 aliphatic heterocycles. The number of hydrogen-bond donors (Lipinski definition) is 2. The predicted octanol–water partition coefficient (Wildman–Crippen LogP) is -0.310. The van der Waals surface area contributed by atoms with Crippen LogP contribution in [0.5, 0.6) is 0 Å². The van der Waals surface area contributed by atoms with Crippen LogP contribution in [0.4, 0.5) is 4.79 Å². The van der Waals surface area contributed by atoms with Crippen molar-refractivity contribution >= 4 is 27.7 Å². The summed E-state index contributed by atoms with van der Waals surface area (Å²) in [6.07, 6.45) is 0. The zero-order valence-electron chi connectivity index (χ0n) is 12.0. The van der Waals surface area contributed by atoms with Gasteiger partial charge in [-0.25, -0.2) is 18.4 Å². The average molecular weight is 325 g/mol. The van der Waals surface area contributed by atoms with Crippen LogP contribution in [0.25, 0.3) is 0 Å². The van der Waals surface area contributed by atoms with Crippen LogP contribution >= 0.6 is 0 Å². The fourth-order valence-corrected chi connectivity index (χ4v) is 2.75. The molecule has 0 spiro atoms. The van der Waals surface area contributed by atoms with E-state index >= 15 is 0 Å². The Balaban J connectivity index is 2.37. The number of ketones is 1. The monoisotopic (exact) mass is 325 g/mol. The molecule has 3 amide bonds. The number of sulfonamides is 1. The van der Waals surface area contributed by atoms with E-state index in [0.29, 0.717) is 5.56 Å². The number of rotatable bonds is 4. The van der Waals surface area contributed by atoms with E-state index in [4.69, 9.17) is 5.14 Å². The highest BCUT2D eigenvalue weighted by molar-refractivity contribution is 7.89. The van der Waals surface area contributed by atoms with E-state index in [9.17, 15) is 22.8 Å². The quantitative estimate of drug-likeness (QED) is 0.734. The molecule has 1 aliphatic rings. The number of carbonyl (C=O) groups excluding carboxylic acids is 3. The normalized spacial score (nSPS) is 21.9. The summed E-state index contributed by atoms with van der Waals surface area (Å²) in [5.74, 6) is -0.895. The molecule has 1 atom stereocenters. The van der Waals surface area contributed by atoms with Gasteiger partial charge in [-0.3, -0.25) is 14.5 Å². The minimum atomic E-state index is -3.84. The number of nitrogens with one attached hydrogen (secondary N) is 1. The van der Waals surface area contributed by atoms with Crippen LogP contribution < -0.4 is 10.5 Å². The Morgan fingerprint density at radius 2 is 1.82 bits per heavy atom. The topological polar surface area (TPSA) is 127 Å². The zero-order chi connectivity index (χ0) is 16.7. The first-order valence-corrected chi connectivity index (χ1v) is 7.87. The van der Waals surface area contributed by atoms with E-state index in [0.717, 1.165) is 4.90 Å². The van der Waals surface area contributed by atoms with Gasteiger partial charge < -0.3 is 5.32 Å². The van der Waals surface area contributed by atoms with Crippen molar-refractivity contribution in [3.05, 3.63) is 29.8 Å². The van der Waals surface area contributed by atoms with Crippen molar-refractivity contribution in [2.75, 3.05) is 6.54 Å². The number of carbonyl (C=O) groups is 3. The zero-order valence-corrected chi connectivity index (χ0v) is 12.8. The molecule has 8 nitrogen and oxygen atoms in total. The van der Waals surface area contributed by atoms with Gasteiger partial charge in [0.1, 0.15) is 11.3 Å². The second-order valence-corrected chi connectivity index (χ2v) is 6.78. The lowest BCUT2D eigenvalue weighted by molar-refractivity contribution is -0.133. The summed E-state index contributed by atoms with van der Waals surface area (Å²) in [6.45, 7) is 2.45. The van der Waals surface area contributed by atoms with Gasteiger partial charge in [0.05, 0.1) is 11.4 Å². The molecule has 0 bridgehead atoms. The average Bonchev–Trinajstić information content (AvgIpc) is 2.62. The lowest BCUT2D eigenvalue weighted by Gasteiger charge is -2.22. The maximum Gasteiger partial charge on any atom is 0.325 e. The molecule has 0 saturated carbocycles. The summed E-state index contributed by atoms with van der Waals surface area (Å²) in [5.41, 5.74) is -0.965. The van der Waals surface area contributed by atoms with E-state index in [1.807, 2.05) is 0 Å². The highest BCUT2D eigenvalue weighted by atomic mass is 32.2. The SMILES string of the molecule is CC(=O)CN1C(=O)NC(C)(c2ccc(S(N)(=O)=O)cc2)C1=O. The third kappa shape index (κ3) is 2.72. The molecular formula is C13H15N3O5S. The number of Topliss-reactive ketones (excluding diaryl/α,β-unsaturated/α-hetero) is 1. The van der Waals surface area contributed by atoms with E-state index < -0.39 is 27.5 Å². The van der Waals surface area contributed by atoms with Crippen molar-refractivity contribution in [2.24, 2.45) is 5.14 Å². The summed E-state index contributed by atoms with van der Waals surface area (Å²) in [5, 5.41) is 7.52. The first kappa shape index (κ1) is 16.1. The van der Waals surface area contributed by atoms with Crippen molar-refractivity contribution in [3.8, 4) is 0 Å². The molecular weight excluding hydrogens is 310 g/mol. The van der Waals surface area contributed by atoms with Gasteiger partial charge >= 0.3 is 6.03 Å². The van der Waals surface area contributed by atoms with Crippen LogP contribution in [-0.2, 0) is 25.2 Å². The summed E-state index contributed by atoms with van der Waals surface area (Å²) < 4.78 is 22.5. The van der Waals surface area contributed by atoms with Crippen LogP contribution in [0, 0.1) is 0 Å². The third-order valence-electron chi connectivity index (χ3n) is 3.42. The number of amides is 3. The molecule has 1 fully saturated rings. The molecule has 1 saturated heterocycles. The Bertz CT molecular complexity index is 756. The van der Waals surface area contributed by atoms with Crippen LogP contribution in [0.15, 0.2) is 29.2 Å². The molecule has 1 unspecified atom stereocenters. The lowest BCUT2D eigenvalue weighted by atomic mass is 9.92. The predicted molar refractivity (Wildman–Crippen MR) is 76.1 cm³/mol. The number of urea groups is 1. The van der Waals surface area contributed by atoms with Gasteiger partial charge in [0, 0.05) is 0 Å². The lowest BCUT2D eigenvalue weighted by Crippen LogP contribution is -2.41. The van der Waals surface area contributed by atoms with Gasteiger partial charge in [-0.05, 0) is 31.5 Å². The Labute approximate surface area is 127 Å². The van der Waals surface area contributed by atoms with Crippen molar-refractivity contribution in [1.29, 1.82) is 0 Å². The van der Waals surface area contributed by atoms with E-state index in [2.05, 4.69) is 5.32 Å². The van der Waals surface area contributed by atoms with E-state index in [1.54, 1.807) is 0 Å². The number of benzene rings is 1. The smallest absolute Gasteiger partial charge is 0.319 e. The standard InChI is InChI=1S/C13H15N3O5S/c1-8(17)7-16-11(18)13(2,15-12(16)19)9-3-5-10(6-4-9)22(14,20)21/h3-6H,7H2,1-2H3,(H,15,19)(H2,14,20,21). The van der Waals surface area contributed by atoms with Crippen LogP contribution in [0.1, 0.15) is 19.4 Å². The van der Waals surface area contributed by atoms with E-state index in [-0.39, 0.29) is 17.2 Å². The highest BCUT2D eigenvalue weighted by Crippen LogP contribution is 2.29. The molecule has 1 aromatic carbocycles. The first-order chi connectivity index (χ1) is 10.1. The molecule has 0 aliphatic carbocycles. The van der Waals surface area contributed by atoms with Crippen molar-refractivity contribution in [1.82, 2.24) is 10.2 Å². The van der Waals surface area contributed by atoms with Gasteiger partial charge in [-0.1, -0.05) is 12.1 Å². The van der Waals surface area contributed by atoms with Gasteiger partial charge in [0.25, 0.3) is 5.91 Å². The largest absolute Gasteiger partial charge is 0.325 e. The molecule has 1 aromatic rings. The van der Waals surface area contributed by atoms with Crippen LogP contribution in [0.3, 0.4) is 0 Å². The Morgan fingerprint density at radius 3 is 2.27 bits per heavy atom. The maximum absolute atomic E-state index is 12.4. The minimum absolute atomic E-state index is 0.0998. The number of hydrogen-bond acceptors (Lipinski definition) is 5. The van der Waals surface area contributed by atoms with Crippen molar-refractivity contribution < 1.29 is 22.8 Å². The fourth-order valence-electron chi connectivity index (χ4n) is 2.24. The Kier molecular flexibility index (Phi) is 3.80. The van der Waals surface area contributed by atoms with E-state index in [1.165, 1.54) is 38.1 Å². The molecule has 0 radical (unpaired) electrons. The second kappa shape index (κ2) is 5.18. The number of primary sulfonamides is 1. The minimum Gasteiger partial charge on any atom is -0.319 e. The molecule has 3 N–H and O–H groups in total. The number of nitrogens with two attached hydrogens (primary N) is 1. The molecule has 2 rings (SSSR count). The highest BCUT2D eigenvalue weighted by Gasteiger charge is 2.49. The number of nitrogens with zero attached hydrogens (tertiary/aromatic N) is 1. The number of imide groups is 1. The van der Waals surface area contributed by atoms with Gasteiger partial charge in [-0.2, -0.15) is 0 Å². The first-order valence-electron chi connectivity index (χ1n) is 6.32. The molecule has 0 aromatic heterocycles. The van der Waals surface area contributed by atoms with Crippen LogP contribution in [0.2, 0.25) is 0 Å². The van der Waals surface area contributed by atoms with Crippen LogP contribution in [-0.4, -0.2) is 37.6 Å².